The maximum atomic E-state index is 11.7. The lowest BCUT2D eigenvalue weighted by molar-refractivity contribution is 0.0489. The van der Waals surface area contributed by atoms with Crippen LogP contribution in [0, 0.1) is 0 Å². The molecule has 0 heterocycles. The van der Waals surface area contributed by atoms with Gasteiger partial charge in [-0.15, -0.1) is 0 Å². The number of rotatable bonds is 12. The van der Waals surface area contributed by atoms with Crippen molar-refractivity contribution in [2.24, 2.45) is 0 Å². The highest BCUT2D eigenvalue weighted by Gasteiger charge is 2.32. The molecule has 6 heteroatoms. The van der Waals surface area contributed by atoms with Crippen molar-refractivity contribution < 1.29 is 23.7 Å². The zero-order valence-electron chi connectivity index (χ0n) is 26.0. The van der Waals surface area contributed by atoms with Crippen molar-refractivity contribution >= 4 is 6.09 Å². The first-order valence-corrected chi connectivity index (χ1v) is 15.5. The molecule has 0 bridgehead atoms. The van der Waals surface area contributed by atoms with Crippen molar-refractivity contribution in [3.8, 4) is 11.5 Å². The molecule has 1 aliphatic rings. The van der Waals surface area contributed by atoms with Crippen molar-refractivity contribution in [1.82, 2.24) is 5.32 Å². The van der Waals surface area contributed by atoms with E-state index in [1.165, 1.54) is 22.3 Å². The number of nitrogens with one attached hydrogen (secondary N) is 1. The van der Waals surface area contributed by atoms with Gasteiger partial charge in [0.1, 0.15) is 30.3 Å². The summed E-state index contributed by atoms with van der Waals surface area (Å²) in [5.74, 6) is 2.34. The van der Waals surface area contributed by atoms with Crippen LogP contribution in [-0.4, -0.2) is 38.1 Å². The summed E-state index contributed by atoms with van der Waals surface area (Å²) in [6, 6.07) is 36.2. The van der Waals surface area contributed by atoms with Crippen molar-refractivity contribution in [1.29, 1.82) is 0 Å². The summed E-state index contributed by atoms with van der Waals surface area (Å²) in [5, 5.41) is 2.69. The first-order valence-electron chi connectivity index (χ1n) is 15.5. The van der Waals surface area contributed by atoms with E-state index in [1.807, 2.05) is 51.1 Å². The van der Waals surface area contributed by atoms with Crippen LogP contribution >= 0.6 is 0 Å². The summed E-state index contributed by atoms with van der Waals surface area (Å²) >= 11 is 0. The quantitative estimate of drug-likeness (QED) is 0.168. The molecule has 0 spiro atoms. The van der Waals surface area contributed by atoms with E-state index in [0.29, 0.717) is 38.9 Å². The van der Waals surface area contributed by atoms with E-state index in [1.54, 1.807) is 0 Å². The molecule has 1 N–H and O–H groups in total. The fourth-order valence-electron chi connectivity index (χ4n) is 5.73. The third kappa shape index (κ3) is 8.87. The second-order valence-corrected chi connectivity index (χ2v) is 12.1. The highest BCUT2D eigenvalue weighted by atomic mass is 16.6. The Morgan fingerprint density at radius 2 is 1.48 bits per heavy atom. The highest BCUT2D eigenvalue weighted by molar-refractivity contribution is 5.67. The molecular weight excluding hydrogens is 550 g/mol. The van der Waals surface area contributed by atoms with Gasteiger partial charge >= 0.3 is 6.09 Å². The lowest BCUT2D eigenvalue weighted by Gasteiger charge is -2.35. The van der Waals surface area contributed by atoms with Crippen LogP contribution in [0.4, 0.5) is 4.79 Å². The molecule has 230 valence electrons. The van der Waals surface area contributed by atoms with Crippen LogP contribution in [0.1, 0.15) is 66.8 Å². The lowest BCUT2D eigenvalue weighted by atomic mass is 9.69. The molecule has 0 radical (unpaired) electrons. The molecule has 0 unspecified atom stereocenters. The Balaban J connectivity index is 1.20. The molecule has 0 saturated carbocycles. The van der Waals surface area contributed by atoms with Crippen LogP contribution in [0.5, 0.6) is 11.5 Å². The van der Waals surface area contributed by atoms with E-state index in [2.05, 4.69) is 78.1 Å². The van der Waals surface area contributed by atoms with Gasteiger partial charge < -0.3 is 24.3 Å². The summed E-state index contributed by atoms with van der Waals surface area (Å²) in [6.07, 6.45) is 1.65. The average molecular weight is 594 g/mol. The van der Waals surface area contributed by atoms with Crippen LogP contribution in [0.15, 0.2) is 103 Å². The van der Waals surface area contributed by atoms with Crippen LogP contribution in [0.3, 0.4) is 0 Å². The third-order valence-electron chi connectivity index (χ3n) is 7.70. The minimum Gasteiger partial charge on any atom is -0.491 e. The first-order chi connectivity index (χ1) is 21.4. The molecule has 2 atom stereocenters. The SMILES string of the molecule is CC(C)(C)OC(=O)NCCOCCOc1ccc([C@H]2c3ccc(OCc4ccccc4)cc3CC[C@H]2c2ccccc2)cc1. The van der Waals surface area contributed by atoms with Crippen molar-refractivity contribution in [3.05, 3.63) is 131 Å². The summed E-state index contributed by atoms with van der Waals surface area (Å²) in [7, 11) is 0. The second kappa shape index (κ2) is 14.9. The predicted octanol–water partition coefficient (Wildman–Crippen LogP) is 8.05. The Hall–Kier alpha value is -4.29. The van der Waals surface area contributed by atoms with Gasteiger partial charge in [0.25, 0.3) is 0 Å². The molecule has 6 nitrogen and oxygen atoms in total. The lowest BCUT2D eigenvalue weighted by Crippen LogP contribution is -2.34. The normalized spacial score (nSPS) is 16.1. The minimum atomic E-state index is -0.516. The first kappa shape index (κ1) is 31.1. The number of ether oxygens (including phenoxy) is 4. The predicted molar refractivity (Wildman–Crippen MR) is 174 cm³/mol. The Morgan fingerprint density at radius 1 is 0.773 bits per heavy atom. The van der Waals surface area contributed by atoms with Gasteiger partial charge in [0, 0.05) is 12.5 Å². The van der Waals surface area contributed by atoms with E-state index in [0.717, 1.165) is 29.9 Å². The van der Waals surface area contributed by atoms with E-state index in [-0.39, 0.29) is 5.92 Å². The standard InChI is InChI=1S/C38H43NO5/c1-38(2,3)44-37(40)39-22-23-41-24-25-42-32-17-14-30(15-18-32)36-34(29-12-8-5-9-13-29)20-16-31-26-33(19-21-35(31)36)43-27-28-10-6-4-7-11-28/h4-15,17-19,21,26,34,36H,16,20,22-25,27H2,1-3H3,(H,39,40)/t34-,36+/m0/s1. The summed E-state index contributed by atoms with van der Waals surface area (Å²) in [5.41, 5.74) is 6.00. The van der Waals surface area contributed by atoms with Gasteiger partial charge in [-0.2, -0.15) is 0 Å². The summed E-state index contributed by atoms with van der Waals surface area (Å²) in [4.78, 5) is 11.7. The average Bonchev–Trinajstić information content (AvgIpc) is 3.03. The van der Waals surface area contributed by atoms with Crippen molar-refractivity contribution in [2.75, 3.05) is 26.4 Å². The summed E-state index contributed by atoms with van der Waals surface area (Å²) < 4.78 is 22.9. The fourth-order valence-corrected chi connectivity index (χ4v) is 5.73. The number of aryl methyl sites for hydroxylation is 1. The second-order valence-electron chi connectivity index (χ2n) is 12.1. The smallest absolute Gasteiger partial charge is 0.407 e. The van der Waals surface area contributed by atoms with E-state index in [9.17, 15) is 4.79 Å². The molecule has 0 fully saturated rings. The third-order valence-corrected chi connectivity index (χ3v) is 7.70. The number of alkyl carbamates (subject to hydrolysis) is 1. The molecule has 0 aliphatic heterocycles. The zero-order chi connectivity index (χ0) is 30.8. The topological polar surface area (TPSA) is 66.0 Å². The number of benzene rings is 4. The maximum absolute atomic E-state index is 11.7. The van der Waals surface area contributed by atoms with Crippen LogP contribution < -0.4 is 14.8 Å². The largest absolute Gasteiger partial charge is 0.491 e. The van der Waals surface area contributed by atoms with E-state index < -0.39 is 11.7 Å². The number of carbonyl (C=O) groups is 1. The van der Waals surface area contributed by atoms with Crippen LogP contribution in [0.2, 0.25) is 0 Å². The number of hydrogen-bond donors (Lipinski definition) is 1. The Labute approximate surface area is 261 Å². The molecule has 1 amide bonds. The van der Waals surface area contributed by atoms with Crippen LogP contribution in [0.25, 0.3) is 0 Å². The molecular formula is C38H43NO5. The summed E-state index contributed by atoms with van der Waals surface area (Å²) in [6.45, 7) is 7.70. The number of amides is 1. The highest BCUT2D eigenvalue weighted by Crippen LogP contribution is 2.47. The Morgan fingerprint density at radius 3 is 2.20 bits per heavy atom. The van der Waals surface area contributed by atoms with Gasteiger partial charge in [0.05, 0.1) is 13.2 Å². The van der Waals surface area contributed by atoms with Crippen molar-refractivity contribution in [2.45, 2.75) is 57.7 Å². The molecule has 44 heavy (non-hydrogen) atoms. The molecule has 0 aromatic heterocycles. The van der Waals surface area contributed by atoms with Gasteiger partial charge in [-0.3, -0.25) is 0 Å². The minimum absolute atomic E-state index is 0.235. The zero-order valence-corrected chi connectivity index (χ0v) is 26.0. The van der Waals surface area contributed by atoms with Gasteiger partial charge in [-0.1, -0.05) is 78.9 Å². The van der Waals surface area contributed by atoms with E-state index >= 15 is 0 Å². The Kier molecular flexibility index (Phi) is 10.6. The molecule has 4 aromatic rings. The van der Waals surface area contributed by atoms with E-state index in [4.69, 9.17) is 18.9 Å². The number of fused-ring (bicyclic) bond motifs is 1. The molecule has 4 aromatic carbocycles. The molecule has 0 saturated heterocycles. The van der Waals surface area contributed by atoms with Crippen molar-refractivity contribution in [3.63, 3.8) is 0 Å². The van der Waals surface area contributed by atoms with Crippen LogP contribution in [-0.2, 0) is 22.5 Å². The Bertz CT molecular complexity index is 1470. The fraction of sp³-hybridized carbons (Fsp3) is 0.342. The molecule has 1 aliphatic carbocycles. The van der Waals surface area contributed by atoms with Gasteiger partial charge in [0.2, 0.25) is 0 Å². The number of carbonyl (C=O) groups excluding carboxylic acids is 1. The maximum Gasteiger partial charge on any atom is 0.407 e. The monoisotopic (exact) mass is 593 g/mol. The molecule has 5 rings (SSSR count). The van der Waals surface area contributed by atoms with Gasteiger partial charge in [-0.25, -0.2) is 4.79 Å². The van der Waals surface area contributed by atoms with Gasteiger partial charge in [0.15, 0.2) is 0 Å². The van der Waals surface area contributed by atoms with Gasteiger partial charge in [-0.05, 0) is 91.6 Å². The number of hydrogen-bond acceptors (Lipinski definition) is 5.